The van der Waals surface area contributed by atoms with Gasteiger partial charge in [-0.1, -0.05) is 6.07 Å². The first-order valence-electron chi connectivity index (χ1n) is 3.02. The summed E-state index contributed by atoms with van der Waals surface area (Å²) in [5.74, 6) is 0.373. The zero-order valence-corrected chi connectivity index (χ0v) is 5.76. The Balaban J connectivity index is 3.09. The molecule has 3 heteroatoms. The van der Waals surface area contributed by atoms with Crippen LogP contribution in [0.5, 0.6) is 0 Å². The summed E-state index contributed by atoms with van der Waals surface area (Å²) in [6, 6.07) is 3.42. The van der Waals surface area contributed by atoms with E-state index in [1.165, 1.54) is 0 Å². The Morgan fingerprint density at radius 1 is 1.60 bits per heavy atom. The molecule has 0 unspecified atom stereocenters. The van der Waals surface area contributed by atoms with Crippen molar-refractivity contribution in [3.8, 4) is 0 Å². The van der Waals surface area contributed by atoms with Crippen LogP contribution >= 0.6 is 0 Å². The lowest BCUT2D eigenvalue weighted by atomic mass is 10.2. The Labute approximate surface area is 58.9 Å². The number of nitrogen functional groups attached to an aromatic ring is 1. The summed E-state index contributed by atoms with van der Waals surface area (Å²) >= 11 is 0. The van der Waals surface area contributed by atoms with Crippen LogP contribution in [0.2, 0.25) is 0 Å². The van der Waals surface area contributed by atoms with Crippen LogP contribution in [0.25, 0.3) is 0 Å². The first kappa shape index (κ1) is 6.99. The fraction of sp³-hybridized carbons (Fsp3) is 0.286. The molecule has 1 heterocycles. The first-order valence-corrected chi connectivity index (χ1v) is 3.02. The second-order valence-electron chi connectivity index (χ2n) is 2.13. The topological polar surface area (TPSA) is 38.9 Å². The molecule has 0 saturated heterocycles. The lowest BCUT2D eigenvalue weighted by Gasteiger charge is -1.99. The molecule has 10 heavy (non-hydrogen) atoms. The smallest absolute Gasteiger partial charge is 0.132 e. The Morgan fingerprint density at radius 3 is 2.80 bits per heavy atom. The van der Waals surface area contributed by atoms with Gasteiger partial charge < -0.3 is 5.73 Å². The molecule has 1 aromatic rings. The molecule has 1 aromatic heterocycles. The SMILES string of the molecule is Cc1ccc(N)nc1CF. The van der Waals surface area contributed by atoms with Gasteiger partial charge in [-0.05, 0) is 18.6 Å². The van der Waals surface area contributed by atoms with E-state index in [2.05, 4.69) is 4.98 Å². The molecule has 0 aliphatic rings. The summed E-state index contributed by atoms with van der Waals surface area (Å²) in [5.41, 5.74) is 6.60. The number of alkyl halides is 1. The largest absolute Gasteiger partial charge is 0.384 e. The number of hydrogen-bond donors (Lipinski definition) is 1. The number of nitrogens with zero attached hydrogens (tertiary/aromatic N) is 1. The van der Waals surface area contributed by atoms with Crippen LogP contribution in [0.4, 0.5) is 10.2 Å². The van der Waals surface area contributed by atoms with Crippen molar-refractivity contribution in [2.45, 2.75) is 13.6 Å². The Hall–Kier alpha value is -1.12. The predicted molar refractivity (Wildman–Crippen MR) is 38.2 cm³/mol. The van der Waals surface area contributed by atoms with Crippen molar-refractivity contribution in [1.29, 1.82) is 0 Å². The molecule has 0 bridgehead atoms. The maximum atomic E-state index is 12.0. The van der Waals surface area contributed by atoms with Gasteiger partial charge in [0.1, 0.15) is 12.5 Å². The summed E-state index contributed by atoms with van der Waals surface area (Å²) in [6.45, 7) is 1.26. The van der Waals surface area contributed by atoms with Gasteiger partial charge in [0.2, 0.25) is 0 Å². The van der Waals surface area contributed by atoms with E-state index in [0.717, 1.165) is 5.56 Å². The van der Waals surface area contributed by atoms with Crippen molar-refractivity contribution in [1.82, 2.24) is 4.98 Å². The molecule has 1 rings (SSSR count). The number of anilines is 1. The van der Waals surface area contributed by atoms with Gasteiger partial charge in [0.05, 0.1) is 5.69 Å². The fourth-order valence-electron chi connectivity index (χ4n) is 0.723. The highest BCUT2D eigenvalue weighted by atomic mass is 19.1. The van der Waals surface area contributed by atoms with Gasteiger partial charge in [-0.3, -0.25) is 0 Å². The van der Waals surface area contributed by atoms with Crippen molar-refractivity contribution < 1.29 is 4.39 Å². The minimum atomic E-state index is -0.545. The van der Waals surface area contributed by atoms with Crippen LogP contribution in [-0.2, 0) is 6.67 Å². The van der Waals surface area contributed by atoms with E-state index in [0.29, 0.717) is 11.5 Å². The van der Waals surface area contributed by atoms with Gasteiger partial charge in [-0.2, -0.15) is 0 Å². The van der Waals surface area contributed by atoms with Gasteiger partial charge in [0, 0.05) is 0 Å². The van der Waals surface area contributed by atoms with Crippen LogP contribution in [0.1, 0.15) is 11.3 Å². The first-order chi connectivity index (χ1) is 4.74. The van der Waals surface area contributed by atoms with Crippen LogP contribution in [0.15, 0.2) is 12.1 Å². The van der Waals surface area contributed by atoms with Crippen LogP contribution in [0.3, 0.4) is 0 Å². The van der Waals surface area contributed by atoms with E-state index in [9.17, 15) is 4.39 Å². The molecule has 0 aromatic carbocycles. The van der Waals surface area contributed by atoms with Crippen LogP contribution < -0.4 is 5.73 Å². The molecule has 0 fully saturated rings. The second kappa shape index (κ2) is 2.64. The van der Waals surface area contributed by atoms with E-state index in [4.69, 9.17) is 5.73 Å². The van der Waals surface area contributed by atoms with Crippen molar-refractivity contribution >= 4 is 5.82 Å². The number of nitrogens with two attached hydrogens (primary N) is 1. The fourth-order valence-corrected chi connectivity index (χ4v) is 0.723. The van der Waals surface area contributed by atoms with Gasteiger partial charge in [-0.15, -0.1) is 0 Å². The van der Waals surface area contributed by atoms with Crippen molar-refractivity contribution in [3.63, 3.8) is 0 Å². The van der Waals surface area contributed by atoms with Crippen LogP contribution in [0, 0.1) is 6.92 Å². The zero-order chi connectivity index (χ0) is 7.56. The van der Waals surface area contributed by atoms with Gasteiger partial charge >= 0.3 is 0 Å². The highest BCUT2D eigenvalue weighted by Gasteiger charge is 1.97. The minimum Gasteiger partial charge on any atom is -0.384 e. The normalized spacial score (nSPS) is 9.80. The van der Waals surface area contributed by atoms with E-state index >= 15 is 0 Å². The molecule has 0 aliphatic carbocycles. The number of pyridine rings is 1. The molecule has 2 N–H and O–H groups in total. The van der Waals surface area contributed by atoms with Crippen molar-refractivity contribution in [2.75, 3.05) is 5.73 Å². The molecule has 0 atom stereocenters. The molecular formula is C7H9FN2. The van der Waals surface area contributed by atoms with Crippen molar-refractivity contribution in [2.24, 2.45) is 0 Å². The van der Waals surface area contributed by atoms with Gasteiger partial charge in [0.15, 0.2) is 0 Å². The highest BCUT2D eigenvalue weighted by Crippen LogP contribution is 2.08. The molecule has 0 radical (unpaired) electrons. The minimum absolute atomic E-state index is 0.373. The molecule has 0 amide bonds. The number of aryl methyl sites for hydroxylation is 1. The van der Waals surface area contributed by atoms with E-state index < -0.39 is 6.67 Å². The quantitative estimate of drug-likeness (QED) is 0.641. The van der Waals surface area contributed by atoms with Gasteiger partial charge in [0.25, 0.3) is 0 Å². The standard InChI is InChI=1S/C7H9FN2/c1-5-2-3-7(9)10-6(5)4-8/h2-3H,4H2,1H3,(H2,9,10). The maximum Gasteiger partial charge on any atom is 0.132 e. The molecule has 54 valence electrons. The average molecular weight is 140 g/mol. The van der Waals surface area contributed by atoms with Crippen LogP contribution in [-0.4, -0.2) is 4.98 Å². The molecular weight excluding hydrogens is 131 g/mol. The van der Waals surface area contributed by atoms with E-state index in [-0.39, 0.29) is 0 Å². The Bertz CT molecular complexity index is 235. The Morgan fingerprint density at radius 2 is 2.30 bits per heavy atom. The highest BCUT2D eigenvalue weighted by molar-refractivity contribution is 5.33. The summed E-state index contributed by atoms with van der Waals surface area (Å²) in [4.78, 5) is 3.79. The number of aromatic nitrogens is 1. The monoisotopic (exact) mass is 140 g/mol. The summed E-state index contributed by atoms with van der Waals surface area (Å²) in [5, 5.41) is 0. The third-order valence-electron chi connectivity index (χ3n) is 1.35. The Kier molecular flexibility index (Phi) is 1.85. The molecule has 0 saturated carbocycles. The second-order valence-corrected chi connectivity index (χ2v) is 2.13. The molecule has 0 aliphatic heterocycles. The molecule has 2 nitrogen and oxygen atoms in total. The van der Waals surface area contributed by atoms with Crippen molar-refractivity contribution in [3.05, 3.63) is 23.4 Å². The number of rotatable bonds is 1. The number of hydrogen-bond acceptors (Lipinski definition) is 2. The van der Waals surface area contributed by atoms with Gasteiger partial charge in [-0.25, -0.2) is 9.37 Å². The third-order valence-corrected chi connectivity index (χ3v) is 1.35. The zero-order valence-electron chi connectivity index (χ0n) is 5.76. The third kappa shape index (κ3) is 1.23. The maximum absolute atomic E-state index is 12.0. The summed E-state index contributed by atoms with van der Waals surface area (Å²) in [7, 11) is 0. The summed E-state index contributed by atoms with van der Waals surface area (Å²) < 4.78 is 12.0. The molecule has 0 spiro atoms. The summed E-state index contributed by atoms with van der Waals surface area (Å²) in [6.07, 6.45) is 0. The average Bonchev–Trinajstić information content (AvgIpc) is 1.94. The number of halogens is 1. The van der Waals surface area contributed by atoms with E-state index in [1.54, 1.807) is 19.1 Å². The lowest BCUT2D eigenvalue weighted by Crippen LogP contribution is -1.95. The van der Waals surface area contributed by atoms with E-state index in [1.807, 2.05) is 0 Å². The predicted octanol–water partition coefficient (Wildman–Crippen LogP) is 1.44. The lowest BCUT2D eigenvalue weighted by molar-refractivity contribution is 0.474.